The van der Waals surface area contributed by atoms with Crippen molar-refractivity contribution in [3.05, 3.63) is 50.9 Å². The quantitative estimate of drug-likeness (QED) is 0.667. The van der Waals surface area contributed by atoms with E-state index in [2.05, 4.69) is 0 Å². The Balaban J connectivity index is 1.45. The average molecular weight is 486 g/mol. The molecule has 0 radical (unpaired) electrons. The smallest absolute Gasteiger partial charge is 0.265 e. The van der Waals surface area contributed by atoms with E-state index in [0.717, 1.165) is 30.2 Å². The van der Waals surface area contributed by atoms with Gasteiger partial charge in [-0.2, -0.15) is 4.31 Å². The number of hydrogen-bond donors (Lipinski definition) is 0. The molecule has 2 saturated heterocycles. The minimum Gasteiger partial charge on any atom is -0.335 e. The molecule has 11 heteroatoms. The van der Waals surface area contributed by atoms with Crippen molar-refractivity contribution < 1.29 is 22.4 Å². The number of rotatable bonds is 4. The number of sulfonamides is 1. The summed E-state index contributed by atoms with van der Waals surface area (Å²) in [4.78, 5) is 28.9. The molecular formula is C20H21ClFN3O4S2. The zero-order valence-corrected chi connectivity index (χ0v) is 19.0. The number of hydrogen-bond acceptors (Lipinski definition) is 5. The van der Waals surface area contributed by atoms with Crippen LogP contribution in [0.1, 0.15) is 32.9 Å². The van der Waals surface area contributed by atoms with E-state index >= 15 is 0 Å². The molecule has 0 spiro atoms. The van der Waals surface area contributed by atoms with Crippen molar-refractivity contribution in [1.29, 1.82) is 0 Å². The molecule has 0 N–H and O–H groups in total. The second-order valence-electron chi connectivity index (χ2n) is 7.43. The third-order valence-electron chi connectivity index (χ3n) is 5.52. The Bertz CT molecular complexity index is 1110. The van der Waals surface area contributed by atoms with Crippen LogP contribution in [0.5, 0.6) is 0 Å². The SMILES string of the molecule is O=C(c1cc(Cl)ccc1F)N1CCN(C(=O)c2sccc2S(=O)(=O)N2CCCC2)CC1. The third kappa shape index (κ3) is 4.34. The number of halogens is 2. The Hall–Kier alpha value is -2.01. The molecule has 1 aromatic heterocycles. The molecule has 2 aliphatic rings. The van der Waals surface area contributed by atoms with Crippen LogP contribution in [-0.4, -0.2) is 73.6 Å². The summed E-state index contributed by atoms with van der Waals surface area (Å²) in [7, 11) is -3.70. The highest BCUT2D eigenvalue weighted by molar-refractivity contribution is 7.89. The number of carbonyl (C=O) groups excluding carboxylic acids is 2. The van der Waals surface area contributed by atoms with Gasteiger partial charge in [0.05, 0.1) is 5.56 Å². The molecule has 2 amide bonds. The van der Waals surface area contributed by atoms with Crippen molar-refractivity contribution in [2.24, 2.45) is 0 Å². The van der Waals surface area contributed by atoms with E-state index in [1.165, 1.54) is 32.3 Å². The average Bonchev–Trinajstić information content (AvgIpc) is 3.47. The second kappa shape index (κ2) is 8.85. The maximum Gasteiger partial charge on any atom is 0.265 e. The summed E-state index contributed by atoms with van der Waals surface area (Å²) in [6.07, 6.45) is 1.63. The summed E-state index contributed by atoms with van der Waals surface area (Å²) >= 11 is 6.98. The lowest BCUT2D eigenvalue weighted by Gasteiger charge is -2.34. The Kier molecular flexibility index (Phi) is 6.34. The summed E-state index contributed by atoms with van der Waals surface area (Å²) in [6, 6.07) is 5.29. The van der Waals surface area contributed by atoms with Gasteiger partial charge in [-0.15, -0.1) is 11.3 Å². The zero-order valence-electron chi connectivity index (χ0n) is 16.6. The van der Waals surface area contributed by atoms with E-state index in [9.17, 15) is 22.4 Å². The van der Waals surface area contributed by atoms with Crippen molar-refractivity contribution >= 4 is 44.8 Å². The fraction of sp³-hybridized carbons (Fsp3) is 0.400. The van der Waals surface area contributed by atoms with E-state index in [0.29, 0.717) is 13.1 Å². The summed E-state index contributed by atoms with van der Waals surface area (Å²) in [6.45, 7) is 1.83. The van der Waals surface area contributed by atoms with Crippen molar-refractivity contribution in [2.45, 2.75) is 17.7 Å². The normalized spacial score (nSPS) is 17.9. The number of carbonyl (C=O) groups is 2. The molecule has 2 aliphatic heterocycles. The number of thiophene rings is 1. The van der Waals surface area contributed by atoms with E-state index in [-0.39, 0.29) is 52.4 Å². The largest absolute Gasteiger partial charge is 0.335 e. The van der Waals surface area contributed by atoms with Gasteiger partial charge in [-0.05, 0) is 42.5 Å². The second-order valence-corrected chi connectivity index (χ2v) is 10.7. The van der Waals surface area contributed by atoms with Gasteiger partial charge in [0.1, 0.15) is 15.6 Å². The molecule has 2 fully saturated rings. The zero-order chi connectivity index (χ0) is 22.2. The third-order valence-corrected chi connectivity index (χ3v) is 8.73. The standard InChI is InChI=1S/C20H21ClFN3O4S2/c21-14-3-4-16(22)15(13-14)19(26)23-8-10-24(11-9-23)20(27)18-17(5-12-30-18)31(28,29)25-6-1-2-7-25/h3-5,12-13H,1-2,6-11H2. The molecule has 3 heterocycles. The minimum absolute atomic E-state index is 0.0453. The molecule has 1 aromatic carbocycles. The maximum atomic E-state index is 14.0. The maximum absolute atomic E-state index is 14.0. The van der Waals surface area contributed by atoms with Crippen LogP contribution >= 0.6 is 22.9 Å². The Morgan fingerprint density at radius 1 is 0.935 bits per heavy atom. The van der Waals surface area contributed by atoms with E-state index in [1.54, 1.807) is 5.38 Å². The molecule has 0 aliphatic carbocycles. The highest BCUT2D eigenvalue weighted by Crippen LogP contribution is 2.29. The van der Waals surface area contributed by atoms with Gasteiger partial charge in [0.2, 0.25) is 10.0 Å². The van der Waals surface area contributed by atoms with Crippen molar-refractivity contribution in [3.8, 4) is 0 Å². The predicted octanol–water partition coefficient (Wildman–Crippen LogP) is 2.92. The predicted molar refractivity (Wildman–Crippen MR) is 116 cm³/mol. The van der Waals surface area contributed by atoms with E-state index in [1.807, 2.05) is 0 Å². The Labute approximate surface area is 189 Å². The summed E-state index contributed by atoms with van der Waals surface area (Å²) in [5, 5.41) is 1.88. The first-order chi connectivity index (χ1) is 14.8. The lowest BCUT2D eigenvalue weighted by Crippen LogP contribution is -2.50. The molecule has 2 aromatic rings. The van der Waals surface area contributed by atoms with Crippen LogP contribution in [-0.2, 0) is 10.0 Å². The first-order valence-electron chi connectivity index (χ1n) is 9.90. The van der Waals surface area contributed by atoms with Gasteiger partial charge >= 0.3 is 0 Å². The number of nitrogens with zero attached hydrogens (tertiary/aromatic N) is 3. The Morgan fingerprint density at radius 3 is 2.19 bits per heavy atom. The van der Waals surface area contributed by atoms with Crippen molar-refractivity contribution in [1.82, 2.24) is 14.1 Å². The van der Waals surface area contributed by atoms with Crippen LogP contribution in [0.15, 0.2) is 34.5 Å². The lowest BCUT2D eigenvalue weighted by molar-refractivity contribution is 0.0533. The van der Waals surface area contributed by atoms with E-state index in [4.69, 9.17) is 11.6 Å². The van der Waals surface area contributed by atoms with Crippen molar-refractivity contribution in [3.63, 3.8) is 0 Å². The molecule has 4 rings (SSSR count). The van der Waals surface area contributed by atoms with Crippen LogP contribution in [0.2, 0.25) is 5.02 Å². The van der Waals surface area contributed by atoms with Gasteiger partial charge in [-0.3, -0.25) is 9.59 Å². The molecule has 7 nitrogen and oxygen atoms in total. The van der Waals surface area contributed by atoms with Gasteiger partial charge in [0.25, 0.3) is 11.8 Å². The highest BCUT2D eigenvalue weighted by atomic mass is 35.5. The molecule has 166 valence electrons. The van der Waals surface area contributed by atoms with Crippen LogP contribution in [0.25, 0.3) is 0 Å². The van der Waals surface area contributed by atoms with Gasteiger partial charge in [-0.25, -0.2) is 12.8 Å². The summed E-state index contributed by atoms with van der Waals surface area (Å²) in [5.41, 5.74) is -0.107. The fourth-order valence-electron chi connectivity index (χ4n) is 3.81. The van der Waals surface area contributed by atoms with Crippen LogP contribution < -0.4 is 0 Å². The molecular weight excluding hydrogens is 465 g/mol. The molecule has 0 saturated carbocycles. The van der Waals surface area contributed by atoms with Gasteiger partial charge in [0.15, 0.2) is 0 Å². The van der Waals surface area contributed by atoms with Crippen LogP contribution in [0, 0.1) is 5.82 Å². The van der Waals surface area contributed by atoms with Crippen molar-refractivity contribution in [2.75, 3.05) is 39.3 Å². The topological polar surface area (TPSA) is 78.0 Å². The number of benzene rings is 1. The molecule has 31 heavy (non-hydrogen) atoms. The van der Waals surface area contributed by atoms with Gasteiger partial charge < -0.3 is 9.80 Å². The highest BCUT2D eigenvalue weighted by Gasteiger charge is 2.34. The Morgan fingerprint density at radius 2 is 1.55 bits per heavy atom. The van der Waals surface area contributed by atoms with E-state index < -0.39 is 21.7 Å². The summed E-state index contributed by atoms with van der Waals surface area (Å²) in [5.74, 6) is -1.50. The molecule has 0 bridgehead atoms. The first kappa shape index (κ1) is 22.2. The first-order valence-corrected chi connectivity index (χ1v) is 12.6. The lowest BCUT2D eigenvalue weighted by atomic mass is 10.1. The summed E-state index contributed by atoms with van der Waals surface area (Å²) < 4.78 is 41.3. The monoisotopic (exact) mass is 485 g/mol. The fourth-order valence-corrected chi connectivity index (χ4v) is 6.86. The van der Waals surface area contributed by atoms with Gasteiger partial charge in [0, 0.05) is 44.3 Å². The number of amides is 2. The number of piperazine rings is 1. The minimum atomic E-state index is -3.70. The van der Waals surface area contributed by atoms with Crippen LogP contribution in [0.4, 0.5) is 4.39 Å². The molecule has 0 unspecified atom stereocenters. The molecule has 0 atom stereocenters. The van der Waals surface area contributed by atoms with Gasteiger partial charge in [-0.1, -0.05) is 11.6 Å². The van der Waals surface area contributed by atoms with Crippen LogP contribution in [0.3, 0.4) is 0 Å².